The molecule has 3 rings (SSSR count). The fourth-order valence-electron chi connectivity index (χ4n) is 3.16. The monoisotopic (exact) mass is 444 g/mol. The minimum absolute atomic E-state index is 0.211. The second-order valence-corrected chi connectivity index (χ2v) is 9.80. The molecule has 0 saturated carbocycles. The number of sulfonamides is 1. The zero-order chi connectivity index (χ0) is 21.9. The molecule has 0 N–H and O–H groups in total. The number of hydrogen-bond acceptors (Lipinski definition) is 6. The zero-order valence-electron chi connectivity index (χ0n) is 17.4. The van der Waals surface area contributed by atoms with Gasteiger partial charge in [-0.15, -0.1) is 0 Å². The average molecular weight is 445 g/mol. The lowest BCUT2D eigenvalue weighted by atomic mass is 10.2. The Hall–Kier alpha value is -2.54. The van der Waals surface area contributed by atoms with Crippen LogP contribution < -0.4 is 4.74 Å². The Bertz CT molecular complexity index is 1180. The van der Waals surface area contributed by atoms with E-state index in [1.807, 2.05) is 42.7 Å². The van der Waals surface area contributed by atoms with E-state index >= 15 is 0 Å². The highest BCUT2D eigenvalue weighted by Gasteiger charge is 2.24. The topological polar surface area (TPSA) is 88.2 Å². The van der Waals surface area contributed by atoms with Crippen LogP contribution >= 0.6 is 11.8 Å². The molecule has 0 radical (unpaired) electrons. The number of ether oxygens (including phenoxy) is 1. The number of aromatic nitrogens is 2. The van der Waals surface area contributed by atoms with Gasteiger partial charge in [0.05, 0.1) is 34.4 Å². The lowest BCUT2D eigenvalue weighted by Gasteiger charge is -2.18. The predicted octanol–water partition coefficient (Wildman–Crippen LogP) is 4.07. The van der Waals surface area contributed by atoms with Gasteiger partial charge in [-0.1, -0.05) is 25.6 Å². The van der Waals surface area contributed by atoms with E-state index < -0.39 is 10.0 Å². The number of benzene rings is 2. The first kappa shape index (κ1) is 22.2. The maximum absolute atomic E-state index is 12.9. The third-order valence-electron chi connectivity index (χ3n) is 4.73. The molecule has 1 unspecified atom stereocenters. The molecule has 1 aromatic heterocycles. The van der Waals surface area contributed by atoms with Crippen molar-refractivity contribution in [2.75, 3.05) is 20.2 Å². The lowest BCUT2D eigenvalue weighted by molar-refractivity contribution is 0.414. The van der Waals surface area contributed by atoms with Gasteiger partial charge in [0.15, 0.2) is 5.16 Å². The van der Waals surface area contributed by atoms with E-state index in [-0.39, 0.29) is 10.1 Å². The van der Waals surface area contributed by atoms with Gasteiger partial charge in [-0.2, -0.15) is 9.57 Å². The third kappa shape index (κ3) is 4.17. The Labute approximate surface area is 181 Å². The summed E-state index contributed by atoms with van der Waals surface area (Å²) in [7, 11) is -1.98. The van der Waals surface area contributed by atoms with Crippen molar-refractivity contribution >= 4 is 32.8 Å². The zero-order valence-corrected chi connectivity index (χ0v) is 19.0. The first-order valence-electron chi connectivity index (χ1n) is 9.59. The fourth-order valence-corrected chi connectivity index (χ4v) is 5.46. The summed E-state index contributed by atoms with van der Waals surface area (Å²) in [5.41, 5.74) is 2.18. The van der Waals surface area contributed by atoms with Gasteiger partial charge in [0, 0.05) is 18.8 Å². The summed E-state index contributed by atoms with van der Waals surface area (Å²) in [5, 5.41) is 9.58. The highest BCUT2D eigenvalue weighted by Crippen LogP contribution is 2.32. The SMILES string of the molecule is CCN(CC)S(=O)(=O)c1ccc2c(c1)nc(SC(C)C#N)n2-c1ccc(OC)cc1. The average Bonchev–Trinajstić information content (AvgIpc) is 3.11. The van der Waals surface area contributed by atoms with Crippen molar-refractivity contribution in [2.24, 2.45) is 0 Å². The lowest BCUT2D eigenvalue weighted by Crippen LogP contribution is -2.30. The van der Waals surface area contributed by atoms with Crippen LogP contribution in [0.5, 0.6) is 5.75 Å². The minimum Gasteiger partial charge on any atom is -0.497 e. The summed E-state index contributed by atoms with van der Waals surface area (Å²) in [4.78, 5) is 4.88. The molecule has 1 atom stereocenters. The number of fused-ring (bicyclic) bond motifs is 1. The van der Waals surface area contributed by atoms with E-state index in [1.54, 1.807) is 32.2 Å². The van der Waals surface area contributed by atoms with Crippen molar-refractivity contribution in [3.05, 3.63) is 42.5 Å². The molecule has 3 aromatic rings. The Morgan fingerprint density at radius 1 is 1.20 bits per heavy atom. The van der Waals surface area contributed by atoms with Crippen LogP contribution in [-0.2, 0) is 10.0 Å². The van der Waals surface area contributed by atoms with Crippen molar-refractivity contribution in [3.8, 4) is 17.5 Å². The van der Waals surface area contributed by atoms with Crippen LogP contribution in [0.15, 0.2) is 52.5 Å². The Morgan fingerprint density at radius 3 is 2.43 bits per heavy atom. The highest BCUT2D eigenvalue weighted by atomic mass is 32.2. The summed E-state index contributed by atoms with van der Waals surface area (Å²) >= 11 is 1.33. The molecule has 0 spiro atoms. The molecule has 2 aromatic carbocycles. The first-order chi connectivity index (χ1) is 14.3. The second-order valence-electron chi connectivity index (χ2n) is 6.56. The third-order valence-corrected chi connectivity index (χ3v) is 7.72. The molecular formula is C21H24N4O3S2. The van der Waals surface area contributed by atoms with Crippen LogP contribution in [-0.4, -0.2) is 47.7 Å². The van der Waals surface area contributed by atoms with Gasteiger partial charge in [0.25, 0.3) is 0 Å². The molecule has 1 heterocycles. The van der Waals surface area contributed by atoms with Gasteiger partial charge in [0.1, 0.15) is 5.75 Å². The molecule has 0 aliphatic heterocycles. The van der Waals surface area contributed by atoms with Crippen molar-refractivity contribution in [1.29, 1.82) is 5.26 Å². The molecule has 9 heteroatoms. The van der Waals surface area contributed by atoms with Crippen molar-refractivity contribution in [1.82, 2.24) is 13.9 Å². The van der Waals surface area contributed by atoms with E-state index in [4.69, 9.17) is 4.74 Å². The minimum atomic E-state index is -3.59. The van der Waals surface area contributed by atoms with E-state index in [9.17, 15) is 13.7 Å². The summed E-state index contributed by atoms with van der Waals surface area (Å²) < 4.78 is 34.4. The molecule has 0 aliphatic carbocycles. The number of rotatable bonds is 8. The highest BCUT2D eigenvalue weighted by molar-refractivity contribution is 8.00. The summed E-state index contributed by atoms with van der Waals surface area (Å²) in [6.45, 7) is 6.24. The number of imidazole rings is 1. The summed E-state index contributed by atoms with van der Waals surface area (Å²) in [6.07, 6.45) is 0. The predicted molar refractivity (Wildman–Crippen MR) is 119 cm³/mol. The van der Waals surface area contributed by atoms with Gasteiger partial charge in [-0.3, -0.25) is 4.57 Å². The normalized spacial score (nSPS) is 12.8. The van der Waals surface area contributed by atoms with Gasteiger partial charge in [-0.05, 0) is 49.4 Å². The standard InChI is InChI=1S/C21H24N4O3S2/c1-5-24(6-2)30(26,27)18-11-12-20-19(13-18)23-21(29-15(3)14-22)25(20)16-7-9-17(28-4)10-8-16/h7-13,15H,5-6H2,1-4H3. The quantitative estimate of drug-likeness (QED) is 0.487. The molecule has 0 fully saturated rings. The van der Waals surface area contributed by atoms with E-state index in [2.05, 4.69) is 11.1 Å². The second kappa shape index (κ2) is 9.08. The number of hydrogen-bond donors (Lipinski definition) is 0. The van der Waals surface area contributed by atoms with Crippen LogP contribution in [0.4, 0.5) is 0 Å². The Kier molecular flexibility index (Phi) is 6.71. The van der Waals surface area contributed by atoms with Crippen molar-refractivity contribution in [2.45, 2.75) is 36.1 Å². The van der Waals surface area contributed by atoms with Crippen LogP contribution in [0, 0.1) is 11.3 Å². The van der Waals surface area contributed by atoms with Crippen molar-refractivity contribution in [3.63, 3.8) is 0 Å². The van der Waals surface area contributed by atoms with E-state index in [1.165, 1.54) is 16.1 Å². The largest absolute Gasteiger partial charge is 0.497 e. The van der Waals surface area contributed by atoms with Crippen LogP contribution in [0.1, 0.15) is 20.8 Å². The van der Waals surface area contributed by atoms with Gasteiger partial charge < -0.3 is 4.74 Å². The molecule has 0 saturated heterocycles. The molecule has 7 nitrogen and oxygen atoms in total. The van der Waals surface area contributed by atoms with E-state index in [0.29, 0.717) is 23.8 Å². The molecular weight excluding hydrogens is 420 g/mol. The van der Waals surface area contributed by atoms with Gasteiger partial charge in [-0.25, -0.2) is 13.4 Å². The maximum atomic E-state index is 12.9. The number of thioether (sulfide) groups is 1. The molecule has 0 bridgehead atoms. The number of nitrogens with zero attached hydrogens (tertiary/aromatic N) is 4. The van der Waals surface area contributed by atoms with Crippen LogP contribution in [0.2, 0.25) is 0 Å². The molecule has 0 amide bonds. The Balaban J connectivity index is 2.18. The Morgan fingerprint density at radius 2 is 1.87 bits per heavy atom. The first-order valence-corrected chi connectivity index (χ1v) is 11.9. The van der Waals surface area contributed by atoms with Gasteiger partial charge >= 0.3 is 0 Å². The van der Waals surface area contributed by atoms with Crippen molar-refractivity contribution < 1.29 is 13.2 Å². The smallest absolute Gasteiger partial charge is 0.243 e. The maximum Gasteiger partial charge on any atom is 0.243 e. The van der Waals surface area contributed by atoms with E-state index in [0.717, 1.165) is 17.0 Å². The summed E-state index contributed by atoms with van der Waals surface area (Å²) in [6, 6.07) is 14.7. The molecule has 158 valence electrons. The number of methoxy groups -OCH3 is 1. The molecule has 0 aliphatic rings. The van der Waals surface area contributed by atoms with Crippen LogP contribution in [0.25, 0.3) is 16.7 Å². The molecule has 30 heavy (non-hydrogen) atoms. The van der Waals surface area contributed by atoms with Gasteiger partial charge in [0.2, 0.25) is 10.0 Å². The summed E-state index contributed by atoms with van der Waals surface area (Å²) in [5.74, 6) is 0.732. The fraction of sp³-hybridized carbons (Fsp3) is 0.333. The number of nitriles is 1. The van der Waals surface area contributed by atoms with Crippen LogP contribution in [0.3, 0.4) is 0 Å².